The van der Waals surface area contributed by atoms with Crippen molar-refractivity contribution in [2.45, 2.75) is 25.7 Å². The number of hydrogen-bond acceptors (Lipinski definition) is 3. The Morgan fingerprint density at radius 1 is 1.17 bits per heavy atom. The molecule has 0 radical (unpaired) electrons. The number of benzene rings is 2. The molecule has 0 saturated carbocycles. The molecule has 1 aliphatic rings. The molecule has 5 nitrogen and oxygen atoms in total. The van der Waals surface area contributed by atoms with Crippen LogP contribution in [0.15, 0.2) is 70.3 Å². The van der Waals surface area contributed by atoms with Crippen molar-refractivity contribution in [3.63, 3.8) is 0 Å². The Hall–Kier alpha value is -2.35. The number of nitrogens with zero attached hydrogens (tertiary/aromatic N) is 3. The highest BCUT2D eigenvalue weighted by Crippen LogP contribution is 2.26. The lowest BCUT2D eigenvalue weighted by molar-refractivity contribution is 0.486. The molecule has 1 aromatic heterocycles. The monoisotopic (exact) mass is 516 g/mol. The molecule has 30 heavy (non-hydrogen) atoms. The predicted octanol–water partition coefficient (Wildman–Crippen LogP) is 4.88. The zero-order valence-corrected chi connectivity index (χ0v) is 19.9. The van der Waals surface area contributed by atoms with Crippen molar-refractivity contribution in [3.8, 4) is 11.5 Å². The fourth-order valence-corrected chi connectivity index (χ4v) is 3.84. The van der Waals surface area contributed by atoms with Gasteiger partial charge in [0.25, 0.3) is 0 Å². The molecule has 1 atom stereocenters. The summed E-state index contributed by atoms with van der Waals surface area (Å²) in [7, 11) is 1.85. The molecule has 0 amide bonds. The molecule has 2 aromatic carbocycles. The Labute approximate surface area is 195 Å². The van der Waals surface area contributed by atoms with Crippen molar-refractivity contribution in [1.29, 1.82) is 0 Å². The van der Waals surface area contributed by atoms with Gasteiger partial charge in [-0.3, -0.25) is 4.99 Å². The Morgan fingerprint density at radius 3 is 2.67 bits per heavy atom. The second-order valence-corrected chi connectivity index (χ2v) is 7.58. The topological polar surface area (TPSA) is 53.7 Å². The number of halogens is 1. The Balaban J connectivity index is 0.00000256. The Bertz CT molecular complexity index is 953. The van der Waals surface area contributed by atoms with E-state index in [0.717, 1.165) is 49.7 Å². The summed E-state index contributed by atoms with van der Waals surface area (Å²) in [6, 6.07) is 19.0. The van der Waals surface area contributed by atoms with Crippen LogP contribution in [0.4, 0.5) is 0 Å². The summed E-state index contributed by atoms with van der Waals surface area (Å²) in [6.07, 6.45) is 3.71. The molecule has 0 aliphatic carbocycles. The maximum Gasteiger partial charge on any atom is 0.226 e. The molecule has 0 spiro atoms. The molecule has 3 aromatic rings. The van der Waals surface area contributed by atoms with Gasteiger partial charge < -0.3 is 14.6 Å². The second-order valence-electron chi connectivity index (χ2n) is 7.58. The van der Waals surface area contributed by atoms with E-state index < -0.39 is 0 Å². The SMILES string of the molecule is CN=C(NCCc1coc(-c2ccc(C)cc2)n1)N1CCC(c2ccccc2)C1.I. The van der Waals surface area contributed by atoms with Gasteiger partial charge in [0, 0.05) is 44.6 Å². The summed E-state index contributed by atoms with van der Waals surface area (Å²) in [5.41, 5.74) is 4.60. The number of oxazole rings is 1. The maximum absolute atomic E-state index is 5.66. The molecule has 1 N–H and O–H groups in total. The highest BCUT2D eigenvalue weighted by Gasteiger charge is 2.25. The Morgan fingerprint density at radius 2 is 1.93 bits per heavy atom. The summed E-state index contributed by atoms with van der Waals surface area (Å²) in [5, 5.41) is 3.48. The molecule has 2 heterocycles. The summed E-state index contributed by atoms with van der Waals surface area (Å²) in [6.45, 7) is 4.89. The van der Waals surface area contributed by atoms with Crippen molar-refractivity contribution in [1.82, 2.24) is 15.2 Å². The lowest BCUT2D eigenvalue weighted by Gasteiger charge is -2.21. The third-order valence-corrected chi connectivity index (χ3v) is 5.49. The number of likely N-dealkylation sites (tertiary alicyclic amines) is 1. The standard InChI is InChI=1S/C24H28N4O.HI/c1-18-8-10-20(11-9-18)23-27-22(17-29-23)12-14-26-24(25-2)28-15-13-21(16-28)19-6-4-3-5-7-19;/h3-11,17,21H,12-16H2,1-2H3,(H,25,26);1H. The van der Waals surface area contributed by atoms with Gasteiger partial charge in [0.05, 0.1) is 5.69 Å². The van der Waals surface area contributed by atoms with Crippen LogP contribution in [0.25, 0.3) is 11.5 Å². The van der Waals surface area contributed by atoms with E-state index >= 15 is 0 Å². The molecule has 4 rings (SSSR count). The first-order valence-electron chi connectivity index (χ1n) is 10.2. The summed E-state index contributed by atoms with van der Waals surface area (Å²) >= 11 is 0. The minimum atomic E-state index is 0. The van der Waals surface area contributed by atoms with E-state index in [2.05, 4.69) is 69.6 Å². The van der Waals surface area contributed by atoms with Crippen LogP contribution in [-0.4, -0.2) is 42.5 Å². The fraction of sp³-hybridized carbons (Fsp3) is 0.333. The number of aryl methyl sites for hydroxylation is 1. The highest BCUT2D eigenvalue weighted by atomic mass is 127. The first-order valence-corrected chi connectivity index (χ1v) is 10.2. The lowest BCUT2D eigenvalue weighted by Crippen LogP contribution is -2.40. The zero-order valence-electron chi connectivity index (χ0n) is 17.5. The average molecular weight is 516 g/mol. The van der Waals surface area contributed by atoms with Gasteiger partial charge >= 0.3 is 0 Å². The third kappa shape index (κ3) is 5.41. The molecular formula is C24H29IN4O. The first kappa shape index (κ1) is 22.3. The van der Waals surface area contributed by atoms with Crippen LogP contribution in [-0.2, 0) is 6.42 Å². The van der Waals surface area contributed by atoms with Crippen LogP contribution in [0, 0.1) is 6.92 Å². The number of guanidine groups is 1. The van der Waals surface area contributed by atoms with E-state index in [1.54, 1.807) is 6.26 Å². The predicted molar refractivity (Wildman–Crippen MR) is 133 cm³/mol. The molecule has 6 heteroatoms. The van der Waals surface area contributed by atoms with Gasteiger partial charge in [-0.1, -0.05) is 48.0 Å². The maximum atomic E-state index is 5.66. The molecule has 158 valence electrons. The van der Waals surface area contributed by atoms with Gasteiger partial charge in [-0.25, -0.2) is 4.98 Å². The van der Waals surface area contributed by atoms with E-state index in [9.17, 15) is 0 Å². The van der Waals surface area contributed by atoms with Gasteiger partial charge in [-0.15, -0.1) is 24.0 Å². The molecule has 0 bridgehead atoms. The first-order chi connectivity index (χ1) is 14.2. The largest absolute Gasteiger partial charge is 0.444 e. The number of nitrogens with one attached hydrogen (secondary N) is 1. The third-order valence-electron chi connectivity index (χ3n) is 5.49. The van der Waals surface area contributed by atoms with Crippen molar-refractivity contribution < 1.29 is 4.42 Å². The van der Waals surface area contributed by atoms with Gasteiger partial charge in [-0.05, 0) is 31.0 Å². The Kier molecular flexibility index (Phi) is 7.90. The van der Waals surface area contributed by atoms with Crippen molar-refractivity contribution in [2.24, 2.45) is 4.99 Å². The van der Waals surface area contributed by atoms with Gasteiger partial charge in [0.1, 0.15) is 6.26 Å². The lowest BCUT2D eigenvalue weighted by atomic mass is 9.99. The summed E-state index contributed by atoms with van der Waals surface area (Å²) in [5.74, 6) is 2.21. The van der Waals surface area contributed by atoms with Gasteiger partial charge in [0.2, 0.25) is 5.89 Å². The fourth-order valence-electron chi connectivity index (χ4n) is 3.84. The number of aliphatic imine (C=N–C) groups is 1. The van der Waals surface area contributed by atoms with Crippen LogP contribution < -0.4 is 5.32 Å². The number of rotatable bonds is 5. The van der Waals surface area contributed by atoms with Crippen LogP contribution >= 0.6 is 24.0 Å². The van der Waals surface area contributed by atoms with E-state index in [1.165, 1.54) is 11.1 Å². The molecular weight excluding hydrogens is 487 g/mol. The van der Waals surface area contributed by atoms with E-state index in [-0.39, 0.29) is 24.0 Å². The van der Waals surface area contributed by atoms with E-state index in [0.29, 0.717) is 11.8 Å². The normalized spacial score (nSPS) is 16.4. The van der Waals surface area contributed by atoms with Gasteiger partial charge in [0.15, 0.2) is 5.96 Å². The van der Waals surface area contributed by atoms with Crippen LogP contribution in [0.5, 0.6) is 0 Å². The quantitative estimate of drug-likeness (QED) is 0.299. The van der Waals surface area contributed by atoms with Crippen LogP contribution in [0.3, 0.4) is 0 Å². The van der Waals surface area contributed by atoms with Crippen LogP contribution in [0.2, 0.25) is 0 Å². The minimum absolute atomic E-state index is 0. The number of aromatic nitrogens is 1. The van der Waals surface area contributed by atoms with Crippen molar-refractivity contribution in [3.05, 3.63) is 77.7 Å². The molecule has 1 fully saturated rings. The van der Waals surface area contributed by atoms with Crippen molar-refractivity contribution in [2.75, 3.05) is 26.7 Å². The zero-order chi connectivity index (χ0) is 20.1. The molecule has 1 unspecified atom stereocenters. The molecule has 1 aliphatic heterocycles. The van der Waals surface area contributed by atoms with Gasteiger partial charge in [-0.2, -0.15) is 0 Å². The van der Waals surface area contributed by atoms with E-state index in [4.69, 9.17) is 4.42 Å². The average Bonchev–Trinajstić information content (AvgIpc) is 3.43. The van der Waals surface area contributed by atoms with Crippen molar-refractivity contribution >= 4 is 29.9 Å². The molecule has 1 saturated heterocycles. The summed E-state index contributed by atoms with van der Waals surface area (Å²) in [4.78, 5) is 11.4. The van der Waals surface area contributed by atoms with E-state index in [1.807, 2.05) is 19.2 Å². The smallest absolute Gasteiger partial charge is 0.226 e. The number of hydrogen-bond donors (Lipinski definition) is 1. The minimum Gasteiger partial charge on any atom is -0.444 e. The summed E-state index contributed by atoms with van der Waals surface area (Å²) < 4.78 is 5.66. The van der Waals surface area contributed by atoms with Crippen LogP contribution in [0.1, 0.15) is 29.2 Å². The highest BCUT2D eigenvalue weighted by molar-refractivity contribution is 14.0. The second kappa shape index (κ2) is 10.6.